The Morgan fingerprint density at radius 2 is 1.06 bits per heavy atom. The lowest BCUT2D eigenvalue weighted by molar-refractivity contribution is 0.368. The largest absolute Gasteiger partial charge is 0.673 e. The Hall–Kier alpha value is -3.12. The van der Waals surface area contributed by atoms with E-state index in [2.05, 4.69) is 60.7 Å². The number of rotatable bonds is 1. The van der Waals surface area contributed by atoms with Crippen LogP contribution in [0.5, 0.6) is 0 Å². The summed E-state index contributed by atoms with van der Waals surface area (Å²) in [6.07, 6.45) is 4.11. The molecular weight excluding hydrogens is 463 g/mol. The van der Waals surface area contributed by atoms with E-state index in [0.29, 0.717) is 0 Å². The number of hydrogen-bond donors (Lipinski definition) is 0. The second-order valence-corrected chi connectivity index (χ2v) is 8.84. The predicted octanol–water partition coefficient (Wildman–Crippen LogP) is 8.71. The Morgan fingerprint density at radius 3 is 1.53 bits per heavy atom. The third-order valence-electron chi connectivity index (χ3n) is 6.30. The zero-order valence-electron chi connectivity index (χ0n) is 18.1. The van der Waals surface area contributed by atoms with Gasteiger partial charge >= 0.3 is 18.8 Å². The molecule has 2 aliphatic rings. The summed E-state index contributed by atoms with van der Waals surface area (Å²) in [6.45, 7) is 0. The topological polar surface area (TPSA) is 11.3 Å². The molecule has 0 atom stereocenters. The van der Waals surface area contributed by atoms with Gasteiger partial charge < -0.3 is 17.3 Å². The third-order valence-corrected chi connectivity index (χ3v) is 6.55. The molecule has 0 spiro atoms. The van der Waals surface area contributed by atoms with Gasteiger partial charge in [0.05, 0.1) is 22.3 Å². The van der Waals surface area contributed by atoms with Crippen LogP contribution in [0.15, 0.2) is 77.2 Å². The zero-order valence-corrected chi connectivity index (χ0v) is 18.9. The molecule has 0 bridgehead atoms. The highest BCUT2D eigenvalue weighted by Gasteiger charge is 2.37. The third kappa shape index (κ3) is 4.47. The Bertz CT molecular complexity index is 1290. The lowest BCUT2D eigenvalue weighted by Gasteiger charge is -2.22. The van der Waals surface area contributed by atoms with Crippen LogP contribution in [0.1, 0.15) is 22.3 Å². The van der Waals surface area contributed by atoms with Gasteiger partial charge in [0.15, 0.2) is 0 Å². The molecule has 4 aromatic rings. The van der Waals surface area contributed by atoms with E-state index in [1.807, 2.05) is 12.1 Å². The van der Waals surface area contributed by atoms with Crippen molar-refractivity contribution in [1.82, 2.24) is 0 Å². The van der Waals surface area contributed by atoms with Gasteiger partial charge in [-0.3, -0.25) is 0 Å². The predicted molar refractivity (Wildman–Crippen MR) is 129 cm³/mol. The van der Waals surface area contributed by atoms with Crippen molar-refractivity contribution in [3.05, 3.63) is 100 Å². The van der Waals surface area contributed by atoms with Gasteiger partial charge in [-0.05, 0) is 66.6 Å². The first-order valence-corrected chi connectivity index (χ1v) is 11.5. The maximum atomic E-state index is 9.75. The smallest absolute Gasteiger partial charge is 0.418 e. The molecule has 0 saturated carbocycles. The van der Waals surface area contributed by atoms with Crippen LogP contribution in [0.3, 0.4) is 0 Å². The number of fused-ring (bicyclic) bond motifs is 6. The lowest BCUT2D eigenvalue weighted by atomic mass is 9.79. The number of halogens is 5. The number of aryl methyl sites for hydroxylation is 2. The van der Waals surface area contributed by atoms with Crippen molar-refractivity contribution in [2.24, 2.45) is 0 Å². The van der Waals surface area contributed by atoms with E-state index >= 15 is 0 Å². The lowest BCUT2D eigenvalue weighted by Crippen LogP contribution is -2.12. The Balaban J connectivity index is 0.000000439. The van der Waals surface area contributed by atoms with Crippen LogP contribution in [-0.4, -0.2) is 7.25 Å². The summed E-state index contributed by atoms with van der Waals surface area (Å²) in [5.74, 6) is 2.07. The summed E-state index contributed by atoms with van der Waals surface area (Å²) in [5.41, 5.74) is 10.5. The molecule has 7 heteroatoms. The standard InChI is InChI=1S/C27H20ClO.BF4/c28-20-13-9-19(10-14-20)25-23-15-11-17-5-1-3-7-21(17)26(23)29-27-22-8-4-2-6-18(22)12-16-24(25)27;2-1(3,4)5/h1-10,13-14H,11-12,15-16H2;/q+1;-1. The quantitative estimate of drug-likeness (QED) is 0.150. The summed E-state index contributed by atoms with van der Waals surface area (Å²) < 4.78 is 45.7. The molecule has 34 heavy (non-hydrogen) atoms. The van der Waals surface area contributed by atoms with E-state index in [0.717, 1.165) is 42.2 Å². The molecule has 1 heterocycles. The van der Waals surface area contributed by atoms with E-state index in [-0.39, 0.29) is 0 Å². The molecule has 2 aliphatic carbocycles. The van der Waals surface area contributed by atoms with Gasteiger partial charge in [0.25, 0.3) is 0 Å². The molecule has 0 aliphatic heterocycles. The zero-order chi connectivity index (χ0) is 23.9. The summed E-state index contributed by atoms with van der Waals surface area (Å²) in [4.78, 5) is 0. The molecule has 0 saturated heterocycles. The summed E-state index contributed by atoms with van der Waals surface area (Å²) >= 11 is 6.20. The molecule has 0 unspecified atom stereocenters. The summed E-state index contributed by atoms with van der Waals surface area (Å²) in [7, 11) is -6.00. The van der Waals surface area contributed by atoms with Gasteiger partial charge in [-0.25, -0.2) is 4.42 Å². The minimum Gasteiger partial charge on any atom is -0.418 e. The second-order valence-electron chi connectivity index (χ2n) is 8.41. The minimum absolute atomic E-state index is 0.771. The van der Waals surface area contributed by atoms with Crippen LogP contribution in [0.4, 0.5) is 17.3 Å². The fourth-order valence-corrected chi connectivity index (χ4v) is 5.08. The monoisotopic (exact) mass is 482 g/mol. The Kier molecular flexibility index (Phi) is 5.94. The maximum Gasteiger partial charge on any atom is 0.673 e. The Labute approximate surface area is 200 Å². The van der Waals surface area contributed by atoms with Crippen LogP contribution < -0.4 is 0 Å². The first-order chi connectivity index (χ1) is 16.3. The molecule has 172 valence electrons. The summed E-state index contributed by atoms with van der Waals surface area (Å²) in [6, 6.07) is 25.6. The van der Waals surface area contributed by atoms with Crippen molar-refractivity contribution < 1.29 is 21.7 Å². The number of benzene rings is 3. The molecule has 0 N–H and O–H groups in total. The summed E-state index contributed by atoms with van der Waals surface area (Å²) in [5, 5.41) is 0.771. The molecule has 0 radical (unpaired) electrons. The number of hydrogen-bond acceptors (Lipinski definition) is 0. The molecular formula is C27H20BClF4O. The van der Waals surface area contributed by atoms with Crippen molar-refractivity contribution in [2.45, 2.75) is 25.7 Å². The minimum atomic E-state index is -6.00. The molecule has 0 fully saturated rings. The van der Waals surface area contributed by atoms with Crippen LogP contribution in [0.2, 0.25) is 5.02 Å². The van der Waals surface area contributed by atoms with Crippen molar-refractivity contribution in [3.8, 4) is 33.8 Å². The van der Waals surface area contributed by atoms with E-state index in [9.17, 15) is 17.3 Å². The molecule has 1 nitrogen and oxygen atoms in total. The van der Waals surface area contributed by atoms with Crippen molar-refractivity contribution in [1.29, 1.82) is 0 Å². The fraction of sp³-hybridized carbons (Fsp3) is 0.148. The molecule has 6 rings (SSSR count). The average molecular weight is 483 g/mol. The highest BCUT2D eigenvalue weighted by atomic mass is 35.5. The highest BCUT2D eigenvalue weighted by molar-refractivity contribution is 6.50. The Morgan fingerprint density at radius 1 is 0.618 bits per heavy atom. The van der Waals surface area contributed by atoms with Crippen LogP contribution in [0, 0.1) is 0 Å². The highest BCUT2D eigenvalue weighted by Crippen LogP contribution is 2.47. The van der Waals surface area contributed by atoms with Crippen LogP contribution >= 0.6 is 11.6 Å². The fourth-order valence-electron chi connectivity index (χ4n) is 4.95. The van der Waals surface area contributed by atoms with Gasteiger partial charge in [0, 0.05) is 10.6 Å². The van der Waals surface area contributed by atoms with Crippen molar-refractivity contribution >= 4 is 18.9 Å². The van der Waals surface area contributed by atoms with E-state index in [1.54, 1.807) is 0 Å². The van der Waals surface area contributed by atoms with Gasteiger partial charge in [0.1, 0.15) is 0 Å². The van der Waals surface area contributed by atoms with Gasteiger partial charge in [-0.1, -0.05) is 60.1 Å². The molecule has 0 amide bonds. The molecule has 1 aromatic heterocycles. The van der Waals surface area contributed by atoms with Crippen LogP contribution in [0.25, 0.3) is 33.8 Å². The average Bonchev–Trinajstić information content (AvgIpc) is 2.82. The van der Waals surface area contributed by atoms with E-state index in [1.165, 1.54) is 44.5 Å². The van der Waals surface area contributed by atoms with Crippen molar-refractivity contribution in [2.75, 3.05) is 0 Å². The normalized spacial score (nSPS) is 13.6. The van der Waals surface area contributed by atoms with E-state index in [4.69, 9.17) is 16.0 Å². The van der Waals surface area contributed by atoms with Gasteiger partial charge in [-0.15, -0.1) is 0 Å². The van der Waals surface area contributed by atoms with Gasteiger partial charge in [-0.2, -0.15) is 0 Å². The second kappa shape index (κ2) is 8.92. The van der Waals surface area contributed by atoms with Crippen molar-refractivity contribution in [3.63, 3.8) is 0 Å². The molecule has 3 aromatic carbocycles. The SMILES string of the molecule is Clc1ccc(-c2c3c([o+]c4c2CCc2ccccc2-4)-c2ccccc2CC3)cc1.F[B-](F)(F)F. The first kappa shape index (κ1) is 22.7. The maximum absolute atomic E-state index is 9.75. The van der Waals surface area contributed by atoms with Crippen LogP contribution in [-0.2, 0) is 25.7 Å². The van der Waals surface area contributed by atoms with Gasteiger partial charge in [0.2, 0.25) is 0 Å². The van der Waals surface area contributed by atoms with E-state index < -0.39 is 7.25 Å². The first-order valence-electron chi connectivity index (χ1n) is 11.1.